The molecule has 3 saturated carbocycles. The number of pyridine rings is 1. The summed E-state index contributed by atoms with van der Waals surface area (Å²) in [5.74, 6) is 2.61. The molecule has 2 bridgehead atoms. The molecule has 1 aromatic carbocycles. The summed E-state index contributed by atoms with van der Waals surface area (Å²) in [4.78, 5) is 26.8. The van der Waals surface area contributed by atoms with Gasteiger partial charge in [-0.25, -0.2) is 9.97 Å². The van der Waals surface area contributed by atoms with E-state index in [0.29, 0.717) is 0 Å². The highest BCUT2D eigenvalue weighted by Crippen LogP contribution is 2.57. The Kier molecular flexibility index (Phi) is 5.32. The predicted octanol–water partition coefficient (Wildman–Crippen LogP) is 4.76. The minimum atomic E-state index is -0.596. The number of carbonyl (C=O) groups is 1. The molecule has 0 unspecified atom stereocenters. The van der Waals surface area contributed by atoms with Crippen molar-refractivity contribution in [3.05, 3.63) is 30.5 Å². The van der Waals surface area contributed by atoms with E-state index >= 15 is 0 Å². The highest BCUT2D eigenvalue weighted by Gasteiger charge is 2.52. The fraction of sp³-hybridized carbons (Fsp3) is 0.536. The van der Waals surface area contributed by atoms with Gasteiger partial charge >= 0.3 is 5.97 Å². The summed E-state index contributed by atoms with van der Waals surface area (Å²) in [5.41, 5.74) is 2.43. The van der Waals surface area contributed by atoms with Crippen LogP contribution in [0.1, 0.15) is 51.4 Å². The first-order valence-corrected chi connectivity index (χ1v) is 13.4. The number of hydrogen-bond donors (Lipinski definition) is 2. The van der Waals surface area contributed by atoms with Crippen LogP contribution in [0.25, 0.3) is 22.4 Å². The lowest BCUT2D eigenvalue weighted by Crippen LogP contribution is -2.48. The zero-order chi connectivity index (χ0) is 25.0. The van der Waals surface area contributed by atoms with E-state index in [4.69, 9.17) is 24.2 Å². The van der Waals surface area contributed by atoms with Crippen molar-refractivity contribution in [3.63, 3.8) is 0 Å². The Bertz CT molecular complexity index is 1260. The molecule has 37 heavy (non-hydrogen) atoms. The number of H-pyrrole nitrogens is 1. The number of aromatic nitrogens is 3. The Morgan fingerprint density at radius 1 is 1.08 bits per heavy atom. The van der Waals surface area contributed by atoms with Crippen LogP contribution in [0.3, 0.4) is 0 Å². The first-order valence-electron chi connectivity index (χ1n) is 13.4. The number of benzene rings is 1. The molecular formula is C28H32N4O5. The van der Waals surface area contributed by atoms with Gasteiger partial charge in [-0.1, -0.05) is 0 Å². The largest absolute Gasteiger partial charge is 0.481 e. The van der Waals surface area contributed by atoms with Gasteiger partial charge in [0.1, 0.15) is 11.6 Å². The number of nitrogens with one attached hydrogen (secondary N) is 1. The molecule has 3 aromatic rings. The smallest absolute Gasteiger partial charge is 0.309 e. The van der Waals surface area contributed by atoms with Crippen LogP contribution in [0, 0.1) is 10.8 Å². The average Bonchev–Trinajstić information content (AvgIpc) is 3.58. The molecule has 2 aromatic heterocycles. The van der Waals surface area contributed by atoms with Gasteiger partial charge in [0.25, 0.3) is 0 Å². The monoisotopic (exact) mass is 504 g/mol. The Balaban J connectivity index is 0.940. The third kappa shape index (κ3) is 4.00. The van der Waals surface area contributed by atoms with Gasteiger partial charge in [-0.2, -0.15) is 0 Å². The Morgan fingerprint density at radius 2 is 1.81 bits per heavy atom. The van der Waals surface area contributed by atoms with E-state index < -0.39 is 11.4 Å². The van der Waals surface area contributed by atoms with E-state index in [0.717, 1.165) is 111 Å². The predicted molar refractivity (Wildman–Crippen MR) is 137 cm³/mol. The maximum atomic E-state index is 11.7. The van der Waals surface area contributed by atoms with Crippen molar-refractivity contribution in [1.29, 1.82) is 0 Å². The zero-order valence-corrected chi connectivity index (χ0v) is 20.9. The first-order chi connectivity index (χ1) is 18.0. The van der Waals surface area contributed by atoms with Crippen LogP contribution < -0.4 is 14.4 Å². The van der Waals surface area contributed by atoms with Crippen molar-refractivity contribution >= 4 is 22.8 Å². The molecular weight excluding hydrogens is 472 g/mol. The van der Waals surface area contributed by atoms with Crippen LogP contribution in [0.2, 0.25) is 0 Å². The average molecular weight is 505 g/mol. The Hall–Kier alpha value is -3.33. The maximum absolute atomic E-state index is 11.7. The highest BCUT2D eigenvalue weighted by molar-refractivity contribution is 5.83. The van der Waals surface area contributed by atoms with Crippen LogP contribution in [0.4, 0.5) is 5.82 Å². The van der Waals surface area contributed by atoms with Crippen molar-refractivity contribution < 1.29 is 24.1 Å². The number of aliphatic carboxylic acids is 1. The number of ether oxygens (including phenoxy) is 3. The topological polar surface area (TPSA) is 110 Å². The van der Waals surface area contributed by atoms with E-state index in [-0.39, 0.29) is 18.3 Å². The van der Waals surface area contributed by atoms with Gasteiger partial charge in [0.05, 0.1) is 29.2 Å². The molecule has 0 amide bonds. The van der Waals surface area contributed by atoms with Crippen molar-refractivity contribution in [3.8, 4) is 22.9 Å². The number of nitrogens with zero attached hydrogens (tertiary/aromatic N) is 3. The van der Waals surface area contributed by atoms with Crippen LogP contribution in [-0.2, 0) is 9.53 Å². The van der Waals surface area contributed by atoms with E-state index in [1.807, 2.05) is 18.3 Å². The molecule has 0 spiro atoms. The SMILES string of the molecule is O=C(O)C12CCC(COC3CCN(c4ccc(-c5nc6cc7c(cc6[nH]5)OCO7)cn4)CC3)(CC1)CC2. The molecule has 0 atom stereocenters. The summed E-state index contributed by atoms with van der Waals surface area (Å²) >= 11 is 0. The molecule has 2 aliphatic heterocycles. The number of anilines is 1. The fourth-order valence-electron chi connectivity index (χ4n) is 6.60. The van der Waals surface area contributed by atoms with E-state index in [2.05, 4.69) is 22.0 Å². The number of piperidine rings is 1. The first kappa shape index (κ1) is 22.8. The molecule has 4 heterocycles. The van der Waals surface area contributed by atoms with Crippen LogP contribution in [-0.4, -0.2) is 58.6 Å². The number of carboxylic acid groups (broad SMARTS) is 1. The Labute approximate surface area is 215 Å². The second kappa shape index (κ2) is 8.62. The molecule has 2 N–H and O–H groups in total. The number of fused-ring (bicyclic) bond motifs is 5. The minimum Gasteiger partial charge on any atom is -0.481 e. The summed E-state index contributed by atoms with van der Waals surface area (Å²) < 4.78 is 17.4. The number of imidazole rings is 1. The molecule has 1 saturated heterocycles. The molecule has 5 aliphatic rings. The fourth-order valence-corrected chi connectivity index (χ4v) is 6.60. The van der Waals surface area contributed by atoms with E-state index in [9.17, 15) is 9.90 Å². The summed E-state index contributed by atoms with van der Waals surface area (Å²) in [7, 11) is 0. The molecule has 194 valence electrons. The quantitative estimate of drug-likeness (QED) is 0.494. The molecule has 9 nitrogen and oxygen atoms in total. The number of hydrogen-bond acceptors (Lipinski definition) is 7. The maximum Gasteiger partial charge on any atom is 0.309 e. The summed E-state index contributed by atoms with van der Waals surface area (Å²) in [6, 6.07) is 7.95. The second-order valence-electron chi connectivity index (χ2n) is 11.3. The second-order valence-corrected chi connectivity index (χ2v) is 11.3. The van der Waals surface area contributed by atoms with Gasteiger partial charge in [-0.05, 0) is 68.9 Å². The van der Waals surface area contributed by atoms with Crippen LogP contribution >= 0.6 is 0 Å². The van der Waals surface area contributed by atoms with Gasteiger partial charge in [0.2, 0.25) is 6.79 Å². The lowest BCUT2D eigenvalue weighted by atomic mass is 9.54. The summed E-state index contributed by atoms with van der Waals surface area (Å²) in [6.07, 6.45) is 9.51. The normalized spacial score (nSPS) is 27.2. The standard InChI is InChI=1S/C28H32N4O5/c33-26(34)28-8-5-27(6-9-28,7-10-28)16-35-19-3-11-32(12-4-19)24-2-1-18(15-29-24)25-30-20-13-22-23(37-17-36-22)14-21(20)31-25/h1-2,13-15,19H,3-12,16-17H2,(H,30,31)(H,33,34). The number of aromatic amines is 1. The zero-order valence-electron chi connectivity index (χ0n) is 20.9. The van der Waals surface area contributed by atoms with Gasteiger partial charge in [0.15, 0.2) is 11.5 Å². The van der Waals surface area contributed by atoms with Crippen molar-refractivity contribution in [1.82, 2.24) is 15.0 Å². The van der Waals surface area contributed by atoms with Gasteiger partial charge in [-0.3, -0.25) is 4.79 Å². The van der Waals surface area contributed by atoms with E-state index in [1.54, 1.807) is 0 Å². The molecule has 4 fully saturated rings. The van der Waals surface area contributed by atoms with Gasteiger partial charge in [0, 0.05) is 37.0 Å². The van der Waals surface area contributed by atoms with Crippen LogP contribution in [0.5, 0.6) is 11.5 Å². The lowest BCUT2D eigenvalue weighted by molar-refractivity contribution is -0.162. The van der Waals surface area contributed by atoms with E-state index in [1.165, 1.54) is 0 Å². The van der Waals surface area contributed by atoms with Gasteiger partial charge < -0.3 is 29.2 Å². The third-order valence-corrected chi connectivity index (χ3v) is 9.24. The summed E-state index contributed by atoms with van der Waals surface area (Å²) in [6.45, 7) is 2.86. The minimum absolute atomic E-state index is 0.197. The van der Waals surface area contributed by atoms with Crippen molar-refractivity contribution in [2.75, 3.05) is 31.4 Å². The molecule has 9 heteroatoms. The van der Waals surface area contributed by atoms with Crippen molar-refractivity contribution in [2.24, 2.45) is 10.8 Å². The van der Waals surface area contributed by atoms with Gasteiger partial charge in [-0.15, -0.1) is 0 Å². The highest BCUT2D eigenvalue weighted by atomic mass is 16.7. The molecule has 0 radical (unpaired) electrons. The lowest BCUT2D eigenvalue weighted by Gasteiger charge is -2.51. The number of carboxylic acids is 1. The van der Waals surface area contributed by atoms with Crippen molar-refractivity contribution in [2.45, 2.75) is 57.5 Å². The Morgan fingerprint density at radius 3 is 2.49 bits per heavy atom. The number of rotatable bonds is 6. The molecule has 8 rings (SSSR count). The summed E-state index contributed by atoms with van der Waals surface area (Å²) in [5, 5.41) is 9.63. The third-order valence-electron chi connectivity index (χ3n) is 9.24. The molecule has 3 aliphatic carbocycles. The van der Waals surface area contributed by atoms with Crippen LogP contribution in [0.15, 0.2) is 30.5 Å².